The second kappa shape index (κ2) is 6.48. The van der Waals surface area contributed by atoms with Crippen LogP contribution in [-0.2, 0) is 20.7 Å². The Kier molecular flexibility index (Phi) is 4.43. The van der Waals surface area contributed by atoms with E-state index in [0.29, 0.717) is 13.0 Å². The van der Waals surface area contributed by atoms with Crippen LogP contribution >= 0.6 is 0 Å². The molecule has 22 heavy (non-hydrogen) atoms. The molecule has 5 heteroatoms. The monoisotopic (exact) mass is 302 g/mol. The molecule has 0 radical (unpaired) electrons. The maximum Gasteiger partial charge on any atom is 0.310 e. The van der Waals surface area contributed by atoms with Crippen molar-refractivity contribution in [1.29, 1.82) is 0 Å². The van der Waals surface area contributed by atoms with E-state index in [1.807, 2.05) is 12.1 Å². The van der Waals surface area contributed by atoms with Crippen LogP contribution in [0.1, 0.15) is 36.4 Å². The molecule has 2 unspecified atom stereocenters. The minimum atomic E-state index is -0.307. The summed E-state index contributed by atoms with van der Waals surface area (Å²) in [5.74, 6) is -0.488. The molecule has 2 aliphatic rings. The summed E-state index contributed by atoms with van der Waals surface area (Å²) < 4.78 is 4.75. The van der Waals surface area contributed by atoms with Crippen LogP contribution in [0.5, 0.6) is 0 Å². The van der Waals surface area contributed by atoms with E-state index in [0.717, 1.165) is 19.3 Å². The Morgan fingerprint density at radius 1 is 1.32 bits per heavy atom. The summed E-state index contributed by atoms with van der Waals surface area (Å²) in [6, 6.07) is 8.06. The van der Waals surface area contributed by atoms with E-state index in [9.17, 15) is 9.59 Å². The number of carbonyl (C=O) groups excluding carboxylic acids is 2. The van der Waals surface area contributed by atoms with Crippen LogP contribution in [0.4, 0.5) is 0 Å². The minimum Gasteiger partial charge on any atom is -0.469 e. The predicted octanol–water partition coefficient (Wildman–Crippen LogP) is 1.33. The second-order valence-corrected chi connectivity index (χ2v) is 6.07. The molecule has 1 aliphatic carbocycles. The van der Waals surface area contributed by atoms with Gasteiger partial charge >= 0.3 is 5.97 Å². The zero-order chi connectivity index (χ0) is 15.5. The first-order valence-electron chi connectivity index (χ1n) is 7.88. The molecule has 1 heterocycles. The summed E-state index contributed by atoms with van der Waals surface area (Å²) in [5.41, 5.74) is 2.55. The lowest BCUT2D eigenvalue weighted by Crippen LogP contribution is -2.42. The van der Waals surface area contributed by atoms with Gasteiger partial charge in [0, 0.05) is 6.54 Å². The van der Waals surface area contributed by atoms with Gasteiger partial charge in [-0.25, -0.2) is 0 Å². The fraction of sp³-hybridized carbons (Fsp3) is 0.529. The topological polar surface area (TPSA) is 67.4 Å². The summed E-state index contributed by atoms with van der Waals surface area (Å²) in [5, 5.41) is 6.26. The summed E-state index contributed by atoms with van der Waals surface area (Å²) in [7, 11) is 1.38. The average Bonchev–Trinajstić information content (AvgIpc) is 3.04. The summed E-state index contributed by atoms with van der Waals surface area (Å²) in [6.07, 6.45) is 3.64. The van der Waals surface area contributed by atoms with E-state index < -0.39 is 0 Å². The molecule has 5 nitrogen and oxygen atoms in total. The Hall–Kier alpha value is -1.88. The smallest absolute Gasteiger partial charge is 0.310 e. The zero-order valence-corrected chi connectivity index (χ0v) is 12.8. The molecule has 1 aliphatic heterocycles. The lowest BCUT2D eigenvalue weighted by Gasteiger charge is -2.27. The third kappa shape index (κ3) is 2.99. The fourth-order valence-electron chi connectivity index (χ4n) is 3.46. The van der Waals surface area contributed by atoms with Gasteiger partial charge in [-0.2, -0.15) is 0 Å². The van der Waals surface area contributed by atoms with Crippen LogP contribution in [0, 0.1) is 5.92 Å². The first-order chi connectivity index (χ1) is 10.7. The van der Waals surface area contributed by atoms with Gasteiger partial charge in [-0.15, -0.1) is 0 Å². The van der Waals surface area contributed by atoms with Crippen LogP contribution < -0.4 is 10.6 Å². The number of methoxy groups -OCH3 is 1. The van der Waals surface area contributed by atoms with Gasteiger partial charge in [0.25, 0.3) is 0 Å². The maximum absolute atomic E-state index is 12.5. The quantitative estimate of drug-likeness (QED) is 0.827. The standard InChI is InChI=1S/C17H22N2O3/c1-22-17(21)12-9-15(18-10-12)16(20)19-14-8-4-6-11-5-2-3-7-13(11)14/h2-3,5,7,12,14-15,18H,4,6,8-10H2,1H3,(H,19,20)/t12-,14?,15?/m0/s1. The molecule has 118 valence electrons. The van der Waals surface area contributed by atoms with E-state index in [1.54, 1.807) is 0 Å². The molecule has 1 saturated heterocycles. The lowest BCUT2D eigenvalue weighted by atomic mass is 9.87. The minimum absolute atomic E-state index is 0.0203. The van der Waals surface area contributed by atoms with Crippen LogP contribution in [0.15, 0.2) is 24.3 Å². The predicted molar refractivity (Wildman–Crippen MR) is 82.2 cm³/mol. The van der Waals surface area contributed by atoms with Crippen LogP contribution in [-0.4, -0.2) is 31.6 Å². The van der Waals surface area contributed by atoms with Crippen molar-refractivity contribution in [2.24, 2.45) is 5.92 Å². The highest BCUT2D eigenvalue weighted by atomic mass is 16.5. The number of nitrogens with one attached hydrogen (secondary N) is 2. The Bertz CT molecular complexity index is 573. The van der Waals surface area contributed by atoms with Crippen LogP contribution in [0.25, 0.3) is 0 Å². The number of hydrogen-bond acceptors (Lipinski definition) is 4. The third-order valence-electron chi connectivity index (χ3n) is 4.67. The van der Waals surface area contributed by atoms with Crippen molar-refractivity contribution in [3.05, 3.63) is 35.4 Å². The lowest BCUT2D eigenvalue weighted by molar-refractivity contribution is -0.144. The number of amides is 1. The second-order valence-electron chi connectivity index (χ2n) is 6.07. The van der Waals surface area contributed by atoms with Gasteiger partial charge in [0.1, 0.15) is 0 Å². The van der Waals surface area contributed by atoms with Gasteiger partial charge in [-0.1, -0.05) is 24.3 Å². The third-order valence-corrected chi connectivity index (χ3v) is 4.67. The van der Waals surface area contributed by atoms with Gasteiger partial charge in [0.05, 0.1) is 25.1 Å². The van der Waals surface area contributed by atoms with Crippen molar-refractivity contribution < 1.29 is 14.3 Å². The molecule has 0 aromatic heterocycles. The van der Waals surface area contributed by atoms with Crippen molar-refractivity contribution >= 4 is 11.9 Å². The van der Waals surface area contributed by atoms with Gasteiger partial charge in [0.15, 0.2) is 0 Å². The van der Waals surface area contributed by atoms with E-state index in [2.05, 4.69) is 22.8 Å². The van der Waals surface area contributed by atoms with Crippen molar-refractivity contribution in [3.8, 4) is 0 Å². The Labute approximate surface area is 130 Å². The largest absolute Gasteiger partial charge is 0.469 e. The fourth-order valence-corrected chi connectivity index (χ4v) is 3.46. The number of fused-ring (bicyclic) bond motifs is 1. The van der Waals surface area contributed by atoms with Crippen molar-refractivity contribution in [2.75, 3.05) is 13.7 Å². The number of rotatable bonds is 3. The molecular formula is C17H22N2O3. The molecule has 0 saturated carbocycles. The number of esters is 1. The Morgan fingerprint density at radius 3 is 2.95 bits per heavy atom. The highest BCUT2D eigenvalue weighted by Crippen LogP contribution is 2.29. The maximum atomic E-state index is 12.5. The first-order valence-corrected chi connectivity index (χ1v) is 7.88. The molecule has 0 bridgehead atoms. The highest BCUT2D eigenvalue weighted by Gasteiger charge is 2.35. The van der Waals surface area contributed by atoms with E-state index in [-0.39, 0.29) is 29.9 Å². The van der Waals surface area contributed by atoms with Crippen molar-refractivity contribution in [3.63, 3.8) is 0 Å². The molecule has 3 atom stereocenters. The normalized spacial score (nSPS) is 27.0. The van der Waals surface area contributed by atoms with Crippen molar-refractivity contribution in [2.45, 2.75) is 37.8 Å². The molecule has 3 rings (SSSR count). The van der Waals surface area contributed by atoms with Gasteiger partial charge < -0.3 is 15.4 Å². The number of hydrogen-bond donors (Lipinski definition) is 2. The molecule has 1 fully saturated rings. The van der Waals surface area contributed by atoms with Crippen LogP contribution in [0.2, 0.25) is 0 Å². The zero-order valence-electron chi connectivity index (χ0n) is 12.8. The first kappa shape index (κ1) is 15.0. The summed E-state index contributed by atoms with van der Waals surface area (Å²) in [4.78, 5) is 24.0. The van der Waals surface area contributed by atoms with Gasteiger partial charge in [-0.3, -0.25) is 9.59 Å². The number of aryl methyl sites for hydroxylation is 1. The number of ether oxygens (including phenoxy) is 1. The van der Waals surface area contributed by atoms with Crippen LogP contribution in [0.3, 0.4) is 0 Å². The van der Waals surface area contributed by atoms with E-state index in [4.69, 9.17) is 4.74 Å². The Morgan fingerprint density at radius 2 is 2.14 bits per heavy atom. The van der Waals surface area contributed by atoms with E-state index in [1.165, 1.54) is 18.2 Å². The molecule has 1 aromatic rings. The number of benzene rings is 1. The van der Waals surface area contributed by atoms with E-state index >= 15 is 0 Å². The Balaban J connectivity index is 1.63. The van der Waals surface area contributed by atoms with Gasteiger partial charge in [0.2, 0.25) is 5.91 Å². The molecular weight excluding hydrogens is 280 g/mol. The summed E-state index contributed by atoms with van der Waals surface area (Å²) in [6.45, 7) is 0.506. The highest BCUT2D eigenvalue weighted by molar-refractivity contribution is 5.84. The van der Waals surface area contributed by atoms with Crippen molar-refractivity contribution in [1.82, 2.24) is 10.6 Å². The molecule has 2 N–H and O–H groups in total. The van der Waals surface area contributed by atoms with Gasteiger partial charge in [-0.05, 0) is 36.8 Å². The average molecular weight is 302 g/mol. The molecule has 0 spiro atoms. The summed E-state index contributed by atoms with van der Waals surface area (Å²) >= 11 is 0. The molecule has 1 aromatic carbocycles. The number of carbonyl (C=O) groups is 2. The SMILES string of the molecule is COC(=O)[C@@H]1CNC(C(=O)NC2CCCc3ccccc32)C1. The molecule has 1 amide bonds.